The van der Waals surface area contributed by atoms with E-state index in [0.29, 0.717) is 24.0 Å². The zero-order valence-corrected chi connectivity index (χ0v) is 16.3. The van der Waals surface area contributed by atoms with Crippen molar-refractivity contribution in [2.75, 3.05) is 29.9 Å². The fourth-order valence-electron chi connectivity index (χ4n) is 2.60. The van der Waals surface area contributed by atoms with Crippen LogP contribution in [0.15, 0.2) is 30.6 Å². The average molecular weight is 355 g/mol. The number of anilines is 3. The lowest BCUT2D eigenvalue weighted by Gasteiger charge is -2.22. The molecule has 2 aromatic rings. The number of rotatable bonds is 8. The van der Waals surface area contributed by atoms with Crippen LogP contribution in [0.4, 0.5) is 17.3 Å². The first kappa shape index (κ1) is 19.7. The van der Waals surface area contributed by atoms with E-state index < -0.39 is 0 Å². The quantitative estimate of drug-likeness (QED) is 0.754. The molecule has 0 radical (unpaired) electrons. The van der Waals surface area contributed by atoms with E-state index in [2.05, 4.69) is 72.3 Å². The molecule has 6 nitrogen and oxygen atoms in total. The van der Waals surface area contributed by atoms with Crippen molar-refractivity contribution in [2.45, 2.75) is 34.6 Å². The molecule has 0 aliphatic rings. The number of carbonyl (C=O) groups is 1. The third-order valence-corrected chi connectivity index (χ3v) is 4.17. The SMILES string of the molecule is CCN(CC)c1ccc(Nc2ncc(C(=O)NCC(C)C)cn2)c(C)c1. The van der Waals surface area contributed by atoms with E-state index in [1.165, 1.54) is 5.69 Å². The fourth-order valence-corrected chi connectivity index (χ4v) is 2.60. The summed E-state index contributed by atoms with van der Waals surface area (Å²) in [5.74, 6) is 0.734. The van der Waals surface area contributed by atoms with Crippen LogP contribution in [-0.2, 0) is 0 Å². The number of nitrogens with zero attached hydrogens (tertiary/aromatic N) is 3. The summed E-state index contributed by atoms with van der Waals surface area (Å²) >= 11 is 0. The number of carbonyl (C=O) groups excluding carboxylic acids is 1. The Morgan fingerprint density at radius 2 is 1.81 bits per heavy atom. The van der Waals surface area contributed by atoms with Gasteiger partial charge in [0.15, 0.2) is 0 Å². The Bertz CT molecular complexity index is 723. The van der Waals surface area contributed by atoms with E-state index in [1.807, 2.05) is 6.07 Å². The summed E-state index contributed by atoms with van der Waals surface area (Å²) in [5, 5.41) is 6.08. The molecule has 0 spiro atoms. The second-order valence-corrected chi connectivity index (χ2v) is 6.70. The zero-order valence-electron chi connectivity index (χ0n) is 16.3. The lowest BCUT2D eigenvalue weighted by Crippen LogP contribution is -2.27. The molecule has 0 atom stereocenters. The van der Waals surface area contributed by atoms with Crippen LogP contribution in [0.5, 0.6) is 0 Å². The topological polar surface area (TPSA) is 70.2 Å². The minimum atomic E-state index is -0.148. The molecule has 0 unspecified atom stereocenters. The molecular formula is C20H29N5O. The van der Waals surface area contributed by atoms with Crippen molar-refractivity contribution < 1.29 is 4.79 Å². The summed E-state index contributed by atoms with van der Waals surface area (Å²) in [7, 11) is 0. The molecule has 6 heteroatoms. The van der Waals surface area contributed by atoms with Gasteiger partial charge in [-0.25, -0.2) is 9.97 Å². The predicted octanol–water partition coefficient (Wildman–Crippen LogP) is 3.76. The summed E-state index contributed by atoms with van der Waals surface area (Å²) in [6.07, 6.45) is 3.09. The van der Waals surface area contributed by atoms with Gasteiger partial charge in [0, 0.05) is 43.4 Å². The van der Waals surface area contributed by atoms with Crippen LogP contribution in [0, 0.1) is 12.8 Å². The Kier molecular flexibility index (Phi) is 6.95. The summed E-state index contributed by atoms with van der Waals surface area (Å²) in [5.41, 5.74) is 3.75. The van der Waals surface area contributed by atoms with E-state index >= 15 is 0 Å². The van der Waals surface area contributed by atoms with Gasteiger partial charge in [-0.2, -0.15) is 0 Å². The molecule has 1 amide bonds. The Labute approximate surface area is 156 Å². The third-order valence-electron chi connectivity index (χ3n) is 4.17. The van der Waals surface area contributed by atoms with Crippen LogP contribution >= 0.6 is 0 Å². The van der Waals surface area contributed by atoms with E-state index in [4.69, 9.17) is 0 Å². The molecule has 1 heterocycles. The van der Waals surface area contributed by atoms with Crippen molar-refractivity contribution in [1.29, 1.82) is 0 Å². The van der Waals surface area contributed by atoms with Crippen molar-refractivity contribution in [3.05, 3.63) is 41.7 Å². The number of benzene rings is 1. The van der Waals surface area contributed by atoms with Gasteiger partial charge in [-0.05, 0) is 50.5 Å². The molecule has 2 rings (SSSR count). The number of hydrogen-bond donors (Lipinski definition) is 2. The highest BCUT2D eigenvalue weighted by Gasteiger charge is 2.09. The molecule has 0 fully saturated rings. The first-order valence-corrected chi connectivity index (χ1v) is 9.17. The van der Waals surface area contributed by atoms with Gasteiger partial charge in [0.25, 0.3) is 5.91 Å². The summed E-state index contributed by atoms with van der Waals surface area (Å²) in [4.78, 5) is 22.8. The van der Waals surface area contributed by atoms with Gasteiger partial charge in [-0.1, -0.05) is 13.8 Å². The summed E-state index contributed by atoms with van der Waals surface area (Å²) in [6.45, 7) is 13.1. The molecule has 140 valence electrons. The van der Waals surface area contributed by atoms with Crippen molar-refractivity contribution in [2.24, 2.45) is 5.92 Å². The first-order valence-electron chi connectivity index (χ1n) is 9.17. The second kappa shape index (κ2) is 9.17. The number of amides is 1. The third kappa shape index (κ3) is 5.18. The highest BCUT2D eigenvalue weighted by atomic mass is 16.1. The second-order valence-electron chi connectivity index (χ2n) is 6.70. The van der Waals surface area contributed by atoms with Crippen LogP contribution < -0.4 is 15.5 Å². The molecule has 2 N–H and O–H groups in total. The Morgan fingerprint density at radius 1 is 1.15 bits per heavy atom. The number of nitrogens with one attached hydrogen (secondary N) is 2. The van der Waals surface area contributed by atoms with Gasteiger partial charge in [-0.3, -0.25) is 4.79 Å². The Balaban J connectivity index is 2.06. The molecule has 0 saturated carbocycles. The maximum atomic E-state index is 12.0. The van der Waals surface area contributed by atoms with Crippen LogP contribution in [0.25, 0.3) is 0 Å². The minimum Gasteiger partial charge on any atom is -0.372 e. The number of hydrogen-bond acceptors (Lipinski definition) is 5. The van der Waals surface area contributed by atoms with E-state index in [-0.39, 0.29) is 5.91 Å². The minimum absolute atomic E-state index is 0.148. The highest BCUT2D eigenvalue weighted by molar-refractivity contribution is 5.93. The highest BCUT2D eigenvalue weighted by Crippen LogP contribution is 2.24. The van der Waals surface area contributed by atoms with Gasteiger partial charge in [0.05, 0.1) is 5.56 Å². The Hall–Kier alpha value is -2.63. The van der Waals surface area contributed by atoms with Crippen LogP contribution in [0.1, 0.15) is 43.6 Å². The molecule has 0 bridgehead atoms. The first-order chi connectivity index (χ1) is 12.4. The number of aryl methyl sites for hydroxylation is 1. The molecule has 26 heavy (non-hydrogen) atoms. The van der Waals surface area contributed by atoms with Crippen molar-refractivity contribution in [3.8, 4) is 0 Å². The summed E-state index contributed by atoms with van der Waals surface area (Å²) in [6, 6.07) is 6.29. The van der Waals surface area contributed by atoms with E-state index in [0.717, 1.165) is 24.3 Å². The van der Waals surface area contributed by atoms with Gasteiger partial charge in [-0.15, -0.1) is 0 Å². The van der Waals surface area contributed by atoms with Crippen LogP contribution in [0.3, 0.4) is 0 Å². The Morgan fingerprint density at radius 3 is 2.35 bits per heavy atom. The van der Waals surface area contributed by atoms with Gasteiger partial charge < -0.3 is 15.5 Å². The van der Waals surface area contributed by atoms with Crippen molar-refractivity contribution in [1.82, 2.24) is 15.3 Å². The lowest BCUT2D eigenvalue weighted by atomic mass is 10.1. The van der Waals surface area contributed by atoms with Gasteiger partial charge >= 0.3 is 0 Å². The molecule has 0 aliphatic carbocycles. The average Bonchev–Trinajstić information content (AvgIpc) is 2.63. The lowest BCUT2D eigenvalue weighted by molar-refractivity contribution is 0.0948. The zero-order chi connectivity index (χ0) is 19.1. The van der Waals surface area contributed by atoms with Crippen LogP contribution in [0.2, 0.25) is 0 Å². The maximum Gasteiger partial charge on any atom is 0.254 e. The summed E-state index contributed by atoms with van der Waals surface area (Å²) < 4.78 is 0. The van der Waals surface area contributed by atoms with Gasteiger partial charge in [0.1, 0.15) is 0 Å². The smallest absolute Gasteiger partial charge is 0.254 e. The molecule has 0 saturated heterocycles. The molecule has 1 aromatic heterocycles. The fraction of sp³-hybridized carbons (Fsp3) is 0.450. The van der Waals surface area contributed by atoms with Crippen molar-refractivity contribution in [3.63, 3.8) is 0 Å². The maximum absolute atomic E-state index is 12.0. The van der Waals surface area contributed by atoms with Crippen molar-refractivity contribution >= 4 is 23.2 Å². The number of aromatic nitrogens is 2. The van der Waals surface area contributed by atoms with Gasteiger partial charge in [0.2, 0.25) is 5.95 Å². The monoisotopic (exact) mass is 355 g/mol. The normalized spacial score (nSPS) is 10.7. The van der Waals surface area contributed by atoms with E-state index in [9.17, 15) is 4.79 Å². The molecular weight excluding hydrogens is 326 g/mol. The van der Waals surface area contributed by atoms with Crippen LogP contribution in [-0.4, -0.2) is 35.5 Å². The van der Waals surface area contributed by atoms with E-state index in [1.54, 1.807) is 12.4 Å². The standard InChI is InChI=1S/C20H29N5O/c1-6-25(7-2)17-8-9-18(15(5)10-17)24-20-22-12-16(13-23-20)19(26)21-11-14(3)4/h8-10,12-14H,6-7,11H2,1-5H3,(H,21,26)(H,22,23,24). The molecule has 0 aliphatic heterocycles. The predicted molar refractivity (Wildman–Crippen MR) is 107 cm³/mol. The molecule has 1 aromatic carbocycles. The largest absolute Gasteiger partial charge is 0.372 e.